The van der Waals surface area contributed by atoms with Gasteiger partial charge in [-0.3, -0.25) is 4.79 Å². The van der Waals surface area contributed by atoms with Crippen LogP contribution in [0.2, 0.25) is 0 Å². The molecule has 0 atom stereocenters. The highest BCUT2D eigenvalue weighted by Crippen LogP contribution is 2.26. The molecular formula is C13H10O5S. The Hall–Kier alpha value is -2.34. The number of aldehydes is 1. The van der Waals surface area contributed by atoms with Crippen LogP contribution >= 0.6 is 0 Å². The summed E-state index contributed by atoms with van der Waals surface area (Å²) in [7, 11) is -3.87. The van der Waals surface area contributed by atoms with Gasteiger partial charge in [-0.1, -0.05) is 0 Å². The molecule has 0 aliphatic rings. The zero-order valence-electron chi connectivity index (χ0n) is 9.65. The monoisotopic (exact) mass is 278 g/mol. The summed E-state index contributed by atoms with van der Waals surface area (Å²) in [6.07, 6.45) is 0.368. The fourth-order valence-corrected chi connectivity index (χ4v) is 3.04. The van der Waals surface area contributed by atoms with Crippen molar-refractivity contribution >= 4 is 16.1 Å². The van der Waals surface area contributed by atoms with Crippen LogP contribution in [0.3, 0.4) is 0 Å². The number of aromatic hydroxyl groups is 2. The Labute approximate surface area is 109 Å². The summed E-state index contributed by atoms with van der Waals surface area (Å²) in [4.78, 5) is 10.7. The van der Waals surface area contributed by atoms with Crippen LogP contribution in [0, 0.1) is 0 Å². The average Bonchev–Trinajstić information content (AvgIpc) is 2.38. The minimum Gasteiger partial charge on any atom is -0.508 e. The second-order valence-corrected chi connectivity index (χ2v) is 5.76. The topological polar surface area (TPSA) is 91.7 Å². The van der Waals surface area contributed by atoms with Gasteiger partial charge in [-0.15, -0.1) is 0 Å². The van der Waals surface area contributed by atoms with Gasteiger partial charge in [-0.05, 0) is 42.5 Å². The minimum atomic E-state index is -3.87. The summed E-state index contributed by atoms with van der Waals surface area (Å²) in [6, 6.07) is 8.42. The van der Waals surface area contributed by atoms with Gasteiger partial charge < -0.3 is 10.2 Å². The van der Waals surface area contributed by atoms with Gasteiger partial charge in [0, 0.05) is 5.56 Å². The second-order valence-electron chi connectivity index (χ2n) is 3.84. The molecule has 0 unspecified atom stereocenters. The van der Waals surface area contributed by atoms with Gasteiger partial charge >= 0.3 is 0 Å². The summed E-state index contributed by atoms with van der Waals surface area (Å²) < 4.78 is 24.6. The number of phenols is 2. The van der Waals surface area contributed by atoms with E-state index in [1.165, 1.54) is 36.4 Å². The number of hydrogen-bond donors (Lipinski definition) is 2. The smallest absolute Gasteiger partial charge is 0.207 e. The molecule has 0 saturated heterocycles. The Morgan fingerprint density at radius 3 is 2.05 bits per heavy atom. The van der Waals surface area contributed by atoms with E-state index in [0.717, 1.165) is 6.07 Å². The lowest BCUT2D eigenvalue weighted by Gasteiger charge is -2.07. The van der Waals surface area contributed by atoms with E-state index in [2.05, 4.69) is 0 Å². The third kappa shape index (κ3) is 2.43. The highest BCUT2D eigenvalue weighted by atomic mass is 32.2. The first-order valence-electron chi connectivity index (χ1n) is 5.27. The highest BCUT2D eigenvalue weighted by molar-refractivity contribution is 7.91. The molecule has 0 radical (unpaired) electrons. The fourth-order valence-electron chi connectivity index (χ4n) is 1.62. The maximum absolute atomic E-state index is 12.3. The molecule has 0 aromatic heterocycles. The zero-order chi connectivity index (χ0) is 14.0. The fraction of sp³-hybridized carbons (Fsp3) is 0. The van der Waals surface area contributed by atoms with E-state index >= 15 is 0 Å². The number of carbonyl (C=O) groups excluding carboxylic acids is 1. The molecule has 2 aromatic carbocycles. The molecule has 2 N–H and O–H groups in total. The molecule has 0 bridgehead atoms. The van der Waals surface area contributed by atoms with Crippen molar-refractivity contribution in [1.29, 1.82) is 0 Å². The molecule has 19 heavy (non-hydrogen) atoms. The van der Waals surface area contributed by atoms with Crippen molar-refractivity contribution in [3.8, 4) is 11.5 Å². The number of hydrogen-bond acceptors (Lipinski definition) is 5. The largest absolute Gasteiger partial charge is 0.508 e. The Morgan fingerprint density at radius 1 is 0.895 bits per heavy atom. The quantitative estimate of drug-likeness (QED) is 0.834. The molecule has 0 spiro atoms. The summed E-state index contributed by atoms with van der Waals surface area (Å²) in [5.41, 5.74) is -0.118. The third-order valence-electron chi connectivity index (χ3n) is 2.56. The van der Waals surface area contributed by atoms with Gasteiger partial charge in [0.25, 0.3) is 0 Å². The molecule has 0 aliphatic heterocycles. The number of phenolic OH excluding ortho intramolecular Hbond substituents is 2. The first kappa shape index (κ1) is 13.1. The van der Waals surface area contributed by atoms with Crippen LogP contribution in [0.25, 0.3) is 0 Å². The Bertz CT molecular complexity index is 717. The van der Waals surface area contributed by atoms with Crippen molar-refractivity contribution in [2.24, 2.45) is 0 Å². The summed E-state index contributed by atoms with van der Waals surface area (Å²) in [6.45, 7) is 0. The van der Waals surface area contributed by atoms with Gasteiger partial charge in [-0.25, -0.2) is 8.42 Å². The first-order chi connectivity index (χ1) is 8.95. The molecule has 0 saturated carbocycles. The van der Waals surface area contributed by atoms with Gasteiger partial charge in [0.05, 0.1) is 9.79 Å². The minimum absolute atomic E-state index is 0.0425. The van der Waals surface area contributed by atoms with Gasteiger partial charge in [-0.2, -0.15) is 0 Å². The highest BCUT2D eigenvalue weighted by Gasteiger charge is 2.21. The normalized spacial score (nSPS) is 11.2. The molecule has 2 aromatic rings. The number of sulfone groups is 1. The lowest BCUT2D eigenvalue weighted by Crippen LogP contribution is -2.05. The van der Waals surface area contributed by atoms with Crippen molar-refractivity contribution in [2.45, 2.75) is 9.79 Å². The van der Waals surface area contributed by atoms with Crippen LogP contribution in [0.15, 0.2) is 52.3 Å². The molecule has 5 nitrogen and oxygen atoms in total. The molecule has 6 heteroatoms. The van der Waals surface area contributed by atoms with Crippen molar-refractivity contribution < 1.29 is 23.4 Å². The van der Waals surface area contributed by atoms with Gasteiger partial charge in [0.1, 0.15) is 11.5 Å². The Kier molecular flexibility index (Phi) is 3.26. The van der Waals surface area contributed by atoms with Crippen molar-refractivity contribution in [2.75, 3.05) is 0 Å². The van der Waals surface area contributed by atoms with Gasteiger partial charge in [0.2, 0.25) is 9.84 Å². The number of carbonyl (C=O) groups is 1. The van der Waals surface area contributed by atoms with Crippen molar-refractivity contribution in [3.63, 3.8) is 0 Å². The molecule has 0 fully saturated rings. The molecule has 98 valence electrons. The van der Waals surface area contributed by atoms with Crippen LogP contribution < -0.4 is 0 Å². The third-order valence-corrected chi connectivity index (χ3v) is 4.40. The van der Waals surface area contributed by atoms with Crippen LogP contribution in [0.4, 0.5) is 0 Å². The predicted molar refractivity (Wildman–Crippen MR) is 67.1 cm³/mol. The van der Waals surface area contributed by atoms with Crippen molar-refractivity contribution in [3.05, 3.63) is 48.0 Å². The second kappa shape index (κ2) is 4.74. The van der Waals surface area contributed by atoms with E-state index in [-0.39, 0.29) is 26.9 Å². The Morgan fingerprint density at radius 2 is 1.47 bits per heavy atom. The molecule has 0 heterocycles. The van der Waals surface area contributed by atoms with E-state index in [4.69, 9.17) is 5.11 Å². The maximum atomic E-state index is 12.3. The van der Waals surface area contributed by atoms with Crippen LogP contribution in [-0.2, 0) is 9.84 Å². The summed E-state index contributed by atoms with van der Waals surface area (Å²) in [5, 5.41) is 18.4. The molecular weight excluding hydrogens is 268 g/mol. The first-order valence-corrected chi connectivity index (χ1v) is 6.76. The van der Waals surface area contributed by atoms with E-state index < -0.39 is 9.84 Å². The van der Waals surface area contributed by atoms with Gasteiger partial charge in [0.15, 0.2) is 6.29 Å². The average molecular weight is 278 g/mol. The molecule has 0 amide bonds. The van der Waals surface area contributed by atoms with E-state index in [1.807, 2.05) is 0 Å². The SMILES string of the molecule is O=Cc1cc(O)ccc1S(=O)(=O)c1ccc(O)cc1. The van der Waals surface area contributed by atoms with E-state index in [0.29, 0.717) is 6.29 Å². The van der Waals surface area contributed by atoms with E-state index in [1.54, 1.807) is 0 Å². The summed E-state index contributed by atoms with van der Waals surface area (Å²) in [5.74, 6) is -0.243. The molecule has 2 rings (SSSR count). The van der Waals surface area contributed by atoms with Crippen molar-refractivity contribution in [1.82, 2.24) is 0 Å². The van der Waals surface area contributed by atoms with Crippen LogP contribution in [0.5, 0.6) is 11.5 Å². The standard InChI is InChI=1S/C13H10O5S/c14-8-9-7-11(16)3-6-13(9)19(17,18)12-4-1-10(15)2-5-12/h1-8,15-16H. The van der Waals surface area contributed by atoms with E-state index in [9.17, 15) is 18.3 Å². The lowest BCUT2D eigenvalue weighted by molar-refractivity contribution is 0.112. The van der Waals surface area contributed by atoms with Crippen LogP contribution in [-0.4, -0.2) is 24.9 Å². The number of benzene rings is 2. The summed E-state index contributed by atoms with van der Waals surface area (Å²) >= 11 is 0. The zero-order valence-corrected chi connectivity index (χ0v) is 10.5. The predicted octanol–water partition coefficient (Wildman–Crippen LogP) is 1.74. The molecule has 0 aliphatic carbocycles. The maximum Gasteiger partial charge on any atom is 0.207 e. The lowest BCUT2D eigenvalue weighted by atomic mass is 10.2. The van der Waals surface area contributed by atoms with Crippen LogP contribution in [0.1, 0.15) is 10.4 Å². The Balaban J connectivity index is 2.63. The number of rotatable bonds is 3.